The quantitative estimate of drug-likeness (QED) is 0.419. The average Bonchev–Trinajstić information content (AvgIpc) is 2.82. The second-order valence-electron chi connectivity index (χ2n) is 9.25. The summed E-state index contributed by atoms with van der Waals surface area (Å²) in [6.45, 7) is 7.31. The molecule has 1 aromatic carbocycles. The van der Waals surface area contributed by atoms with Gasteiger partial charge in [-0.2, -0.15) is 0 Å². The topological polar surface area (TPSA) is 136 Å². The Hall–Kier alpha value is -3.57. The summed E-state index contributed by atoms with van der Waals surface area (Å²) in [5.74, 6) is -0.833. The smallest absolute Gasteiger partial charge is 0.408 e. The number of nitrogens with one attached hydrogen (secondary N) is 3. The number of aliphatic carboxylic acids is 1. The number of hydrogen-bond donors (Lipinski definition) is 4. The molecule has 2 aliphatic rings. The number of carbonyl (C=O) groups is 3. The SMILES string of the molecule is CC(C)OC(=O)N[C@@H](CCC(=O)N1CCN(c2cccc(NC3=NCC(F)CN3)c2)C(C)C1)C(=O)O. The van der Waals surface area contributed by atoms with Crippen molar-refractivity contribution in [3.8, 4) is 0 Å². The summed E-state index contributed by atoms with van der Waals surface area (Å²) < 4.78 is 18.2. The number of nitrogens with zero attached hydrogens (tertiary/aromatic N) is 3. The van der Waals surface area contributed by atoms with Gasteiger partial charge in [-0.1, -0.05) is 6.07 Å². The first-order valence-corrected chi connectivity index (χ1v) is 12.2. The van der Waals surface area contributed by atoms with Gasteiger partial charge in [-0.05, 0) is 45.4 Å². The molecule has 0 aromatic heterocycles. The molecule has 198 valence electrons. The van der Waals surface area contributed by atoms with Gasteiger partial charge in [-0.3, -0.25) is 4.79 Å². The van der Waals surface area contributed by atoms with Crippen LogP contribution in [0.2, 0.25) is 0 Å². The van der Waals surface area contributed by atoms with Gasteiger partial charge in [0, 0.05) is 43.5 Å². The Bertz CT molecular complexity index is 974. The lowest BCUT2D eigenvalue weighted by Gasteiger charge is -2.41. The molecule has 36 heavy (non-hydrogen) atoms. The van der Waals surface area contributed by atoms with Crippen molar-refractivity contribution in [3.63, 3.8) is 0 Å². The van der Waals surface area contributed by atoms with E-state index in [2.05, 4.69) is 25.8 Å². The van der Waals surface area contributed by atoms with Crippen LogP contribution >= 0.6 is 0 Å². The Morgan fingerprint density at radius 3 is 2.72 bits per heavy atom. The molecule has 0 bridgehead atoms. The number of piperazine rings is 1. The van der Waals surface area contributed by atoms with Crippen LogP contribution in [0.1, 0.15) is 33.6 Å². The Balaban J connectivity index is 1.52. The standard InChI is InChI=1S/C24H35FN6O5/c1-15(2)36-24(35)29-20(22(33)34)7-8-21(32)30-9-10-31(16(3)14-30)19-6-4-5-18(11-19)28-23-26-12-17(25)13-27-23/h4-6,11,15-17,20H,7-10,12-14H2,1-3H3,(H,29,35)(H,33,34)(H2,26,27,28)/t16?,20-/m0/s1. The van der Waals surface area contributed by atoms with Crippen molar-refractivity contribution in [2.24, 2.45) is 4.99 Å². The van der Waals surface area contributed by atoms with Gasteiger partial charge < -0.3 is 35.6 Å². The fourth-order valence-electron chi connectivity index (χ4n) is 4.14. The lowest BCUT2D eigenvalue weighted by Crippen LogP contribution is -2.54. The molecule has 1 fully saturated rings. The average molecular weight is 507 g/mol. The molecule has 2 aliphatic heterocycles. The monoisotopic (exact) mass is 506 g/mol. The number of rotatable bonds is 8. The van der Waals surface area contributed by atoms with Crippen molar-refractivity contribution in [1.82, 2.24) is 15.5 Å². The Labute approximate surface area is 210 Å². The molecule has 3 atom stereocenters. The molecule has 4 N–H and O–H groups in total. The number of hydrogen-bond acceptors (Lipinski definition) is 8. The highest BCUT2D eigenvalue weighted by Crippen LogP contribution is 2.24. The van der Waals surface area contributed by atoms with Gasteiger partial charge in [0.1, 0.15) is 12.2 Å². The summed E-state index contributed by atoms with van der Waals surface area (Å²) in [5.41, 5.74) is 1.81. The number of carboxylic acid groups (broad SMARTS) is 1. The van der Waals surface area contributed by atoms with Gasteiger partial charge in [-0.15, -0.1) is 0 Å². The Morgan fingerprint density at radius 1 is 1.31 bits per heavy atom. The van der Waals surface area contributed by atoms with E-state index < -0.39 is 24.3 Å². The fourth-order valence-corrected chi connectivity index (χ4v) is 4.14. The van der Waals surface area contributed by atoms with Crippen molar-refractivity contribution in [2.75, 3.05) is 42.9 Å². The van der Waals surface area contributed by atoms with E-state index in [9.17, 15) is 23.9 Å². The molecule has 2 heterocycles. The van der Waals surface area contributed by atoms with Crippen LogP contribution in [0.3, 0.4) is 0 Å². The van der Waals surface area contributed by atoms with E-state index >= 15 is 0 Å². The molecular weight excluding hydrogens is 471 g/mol. The molecule has 11 nitrogen and oxygen atoms in total. The first-order valence-electron chi connectivity index (χ1n) is 12.2. The fraction of sp³-hybridized carbons (Fsp3) is 0.583. The van der Waals surface area contributed by atoms with Crippen LogP contribution in [0.15, 0.2) is 29.3 Å². The highest BCUT2D eigenvalue weighted by molar-refractivity contribution is 5.94. The maximum atomic E-state index is 13.3. The molecule has 2 unspecified atom stereocenters. The van der Waals surface area contributed by atoms with Gasteiger partial charge in [0.15, 0.2) is 5.96 Å². The largest absolute Gasteiger partial charge is 0.480 e. The first kappa shape index (κ1) is 27.0. The second-order valence-corrected chi connectivity index (χ2v) is 9.25. The number of benzene rings is 1. The number of alkyl carbamates (subject to hydrolysis) is 1. The number of guanidine groups is 1. The maximum Gasteiger partial charge on any atom is 0.408 e. The predicted octanol–water partition coefficient (Wildman–Crippen LogP) is 1.80. The highest BCUT2D eigenvalue weighted by atomic mass is 19.1. The molecule has 0 saturated carbocycles. The van der Waals surface area contributed by atoms with Crippen molar-refractivity contribution >= 4 is 35.3 Å². The van der Waals surface area contributed by atoms with E-state index in [1.54, 1.807) is 18.7 Å². The van der Waals surface area contributed by atoms with Gasteiger partial charge in [0.2, 0.25) is 5.91 Å². The molecule has 0 aliphatic carbocycles. The molecule has 1 aromatic rings. The normalized spacial score (nSPS) is 20.8. The third-order valence-corrected chi connectivity index (χ3v) is 5.94. The van der Waals surface area contributed by atoms with Gasteiger partial charge in [0.25, 0.3) is 0 Å². The molecule has 1 saturated heterocycles. The summed E-state index contributed by atoms with van der Waals surface area (Å²) in [6.07, 6.45) is -2.20. The van der Waals surface area contributed by atoms with Crippen molar-refractivity contribution < 1.29 is 28.6 Å². The summed E-state index contributed by atoms with van der Waals surface area (Å²) in [7, 11) is 0. The number of carboxylic acids is 1. The number of anilines is 2. The number of carbonyl (C=O) groups excluding carboxylic acids is 2. The van der Waals surface area contributed by atoms with Gasteiger partial charge >= 0.3 is 12.1 Å². The van der Waals surface area contributed by atoms with E-state index in [0.29, 0.717) is 25.6 Å². The number of halogens is 1. The minimum absolute atomic E-state index is 0.000100. The Morgan fingerprint density at radius 2 is 2.08 bits per heavy atom. The summed E-state index contributed by atoms with van der Waals surface area (Å²) in [5, 5.41) is 17.8. The minimum atomic E-state index is -1.21. The van der Waals surface area contributed by atoms with E-state index in [1.165, 1.54) is 0 Å². The van der Waals surface area contributed by atoms with E-state index in [1.807, 2.05) is 31.2 Å². The predicted molar refractivity (Wildman–Crippen MR) is 134 cm³/mol. The van der Waals surface area contributed by atoms with E-state index in [0.717, 1.165) is 11.4 Å². The molecule has 12 heteroatoms. The van der Waals surface area contributed by atoms with Crippen LogP contribution in [0.25, 0.3) is 0 Å². The third-order valence-electron chi connectivity index (χ3n) is 5.94. The zero-order valence-corrected chi connectivity index (χ0v) is 20.9. The van der Waals surface area contributed by atoms with E-state index in [-0.39, 0.29) is 44.0 Å². The van der Waals surface area contributed by atoms with Crippen LogP contribution in [0.5, 0.6) is 0 Å². The van der Waals surface area contributed by atoms with Gasteiger partial charge in [-0.25, -0.2) is 19.0 Å². The van der Waals surface area contributed by atoms with Gasteiger partial charge in [0.05, 0.1) is 19.2 Å². The number of amides is 2. The molecule has 0 radical (unpaired) electrons. The van der Waals surface area contributed by atoms with Crippen molar-refractivity contribution in [3.05, 3.63) is 24.3 Å². The molecule has 2 amide bonds. The lowest BCUT2D eigenvalue weighted by molar-refractivity contribution is -0.140. The van der Waals surface area contributed by atoms with Crippen LogP contribution < -0.4 is 20.9 Å². The summed E-state index contributed by atoms with van der Waals surface area (Å²) in [6, 6.07) is 6.64. The van der Waals surface area contributed by atoms with Crippen LogP contribution in [0, 0.1) is 0 Å². The number of alkyl halides is 1. The molecular formula is C24H35FN6O5. The van der Waals surface area contributed by atoms with Crippen LogP contribution in [0.4, 0.5) is 20.6 Å². The summed E-state index contributed by atoms with van der Waals surface area (Å²) >= 11 is 0. The number of aliphatic imine (C=N–C) groups is 1. The Kier molecular flexibility index (Phi) is 9.31. The summed E-state index contributed by atoms with van der Waals surface area (Å²) in [4.78, 5) is 44.1. The highest BCUT2D eigenvalue weighted by Gasteiger charge is 2.29. The third kappa shape index (κ3) is 7.72. The first-order chi connectivity index (χ1) is 17.1. The molecule has 3 rings (SSSR count). The van der Waals surface area contributed by atoms with Crippen molar-refractivity contribution in [1.29, 1.82) is 0 Å². The zero-order valence-electron chi connectivity index (χ0n) is 20.9. The van der Waals surface area contributed by atoms with Crippen molar-refractivity contribution in [2.45, 2.75) is 58.0 Å². The molecule has 0 spiro atoms. The van der Waals surface area contributed by atoms with Crippen LogP contribution in [-0.4, -0.2) is 91.0 Å². The lowest BCUT2D eigenvalue weighted by atomic mass is 10.1. The van der Waals surface area contributed by atoms with Crippen LogP contribution in [-0.2, 0) is 14.3 Å². The minimum Gasteiger partial charge on any atom is -0.480 e. The number of ether oxygens (including phenoxy) is 1. The van der Waals surface area contributed by atoms with E-state index in [4.69, 9.17) is 4.74 Å². The zero-order chi connectivity index (χ0) is 26.2. The second kappa shape index (κ2) is 12.4. The maximum absolute atomic E-state index is 13.3.